The monoisotopic (exact) mass is 493 g/mol. The second-order valence-corrected chi connectivity index (χ2v) is 7.61. The molecule has 0 spiro atoms. The fourth-order valence-corrected chi connectivity index (χ4v) is 3.47. The predicted molar refractivity (Wildman–Crippen MR) is 123 cm³/mol. The van der Waals surface area contributed by atoms with Crippen molar-refractivity contribution in [1.29, 1.82) is 0 Å². The number of ether oxygens (including phenoxy) is 1. The van der Waals surface area contributed by atoms with Crippen LogP contribution in [0.15, 0.2) is 79.4 Å². The summed E-state index contributed by atoms with van der Waals surface area (Å²) in [7, 11) is 0. The van der Waals surface area contributed by atoms with Crippen LogP contribution >= 0.6 is 0 Å². The molecule has 7 nitrogen and oxygen atoms in total. The van der Waals surface area contributed by atoms with Crippen molar-refractivity contribution in [3.05, 3.63) is 96.5 Å². The zero-order valence-electron chi connectivity index (χ0n) is 18.2. The van der Waals surface area contributed by atoms with Crippen LogP contribution in [0.5, 0.6) is 11.5 Å². The molecule has 0 aliphatic heterocycles. The first-order valence-corrected chi connectivity index (χ1v) is 10.5. The van der Waals surface area contributed by atoms with Crippen LogP contribution < -0.4 is 10.1 Å². The Morgan fingerprint density at radius 3 is 2.47 bits per heavy atom. The molecule has 5 rings (SSSR count). The molecule has 3 heterocycles. The van der Waals surface area contributed by atoms with Crippen molar-refractivity contribution in [3.63, 3.8) is 0 Å². The first kappa shape index (κ1) is 23.0. The summed E-state index contributed by atoms with van der Waals surface area (Å²) in [6, 6.07) is 13.0. The van der Waals surface area contributed by atoms with Gasteiger partial charge in [0.1, 0.15) is 23.4 Å². The van der Waals surface area contributed by atoms with E-state index in [2.05, 4.69) is 25.3 Å². The summed E-state index contributed by atoms with van der Waals surface area (Å²) < 4.78 is 58.8. The molecule has 36 heavy (non-hydrogen) atoms. The zero-order chi connectivity index (χ0) is 25.3. The van der Waals surface area contributed by atoms with Gasteiger partial charge in [-0.3, -0.25) is 4.79 Å². The molecule has 0 saturated heterocycles. The van der Waals surface area contributed by atoms with Crippen molar-refractivity contribution in [2.24, 2.45) is 0 Å². The second-order valence-electron chi connectivity index (χ2n) is 7.61. The Bertz CT molecular complexity index is 1570. The van der Waals surface area contributed by atoms with Crippen LogP contribution in [0.4, 0.5) is 23.2 Å². The van der Waals surface area contributed by atoms with E-state index in [9.17, 15) is 22.4 Å². The number of aromatic amines is 1. The Morgan fingerprint density at radius 1 is 0.917 bits per heavy atom. The number of carbonyl (C=O) groups excluding carboxylic acids is 1. The van der Waals surface area contributed by atoms with Crippen molar-refractivity contribution in [1.82, 2.24) is 19.9 Å². The van der Waals surface area contributed by atoms with E-state index in [0.717, 1.165) is 24.5 Å². The van der Waals surface area contributed by atoms with E-state index in [1.807, 2.05) is 0 Å². The minimum absolute atomic E-state index is 0.0478. The highest BCUT2D eigenvalue weighted by molar-refractivity contribution is 6.03. The van der Waals surface area contributed by atoms with Gasteiger partial charge in [0.15, 0.2) is 11.6 Å². The SMILES string of the molecule is O=C(Nc1ccc(Oc2ccnc3[nH]ccc23)c(F)c1)c1cc(-c2ccc(C(F)(F)F)cc2)ncn1. The van der Waals surface area contributed by atoms with Crippen molar-refractivity contribution in [2.75, 3.05) is 5.32 Å². The highest BCUT2D eigenvalue weighted by Crippen LogP contribution is 2.32. The fraction of sp³-hybridized carbons (Fsp3) is 0.0400. The minimum Gasteiger partial charge on any atom is -0.453 e. The fourth-order valence-electron chi connectivity index (χ4n) is 3.47. The quantitative estimate of drug-likeness (QED) is 0.284. The van der Waals surface area contributed by atoms with Gasteiger partial charge in [0, 0.05) is 29.7 Å². The van der Waals surface area contributed by atoms with E-state index in [4.69, 9.17) is 4.74 Å². The van der Waals surface area contributed by atoms with E-state index < -0.39 is 23.5 Å². The molecule has 0 saturated carbocycles. The standard InChI is InChI=1S/C25H15F4N5O2/c26-18-11-16(5-6-22(18)36-21-8-10-31-23-17(21)7-9-30-23)34-24(35)20-12-19(32-13-33-20)14-1-3-15(4-2-14)25(27,28)29/h1-13H,(H,30,31)(H,34,35). The van der Waals surface area contributed by atoms with Crippen LogP contribution in [0, 0.1) is 5.82 Å². The summed E-state index contributed by atoms with van der Waals surface area (Å²) in [6.07, 6.45) is -0.120. The molecule has 0 radical (unpaired) electrons. The lowest BCUT2D eigenvalue weighted by Crippen LogP contribution is -2.14. The topological polar surface area (TPSA) is 92.8 Å². The Labute approximate surface area is 200 Å². The minimum atomic E-state index is -4.46. The average molecular weight is 493 g/mol. The number of nitrogens with zero attached hydrogens (tertiary/aromatic N) is 3. The number of carbonyl (C=O) groups is 1. The Morgan fingerprint density at radius 2 is 1.72 bits per heavy atom. The van der Waals surface area contributed by atoms with Crippen LogP contribution in [0.2, 0.25) is 0 Å². The van der Waals surface area contributed by atoms with Crippen LogP contribution in [-0.4, -0.2) is 25.8 Å². The molecular formula is C25H15F4N5O2. The molecule has 0 bridgehead atoms. The van der Waals surface area contributed by atoms with Gasteiger partial charge in [-0.2, -0.15) is 13.2 Å². The average Bonchev–Trinajstić information content (AvgIpc) is 3.35. The summed E-state index contributed by atoms with van der Waals surface area (Å²) in [5, 5.41) is 3.22. The van der Waals surface area contributed by atoms with Gasteiger partial charge in [-0.15, -0.1) is 0 Å². The molecular weight excluding hydrogens is 478 g/mol. The lowest BCUT2D eigenvalue weighted by Gasteiger charge is -2.10. The molecule has 0 aliphatic rings. The second kappa shape index (κ2) is 9.10. The third-order valence-electron chi connectivity index (χ3n) is 5.24. The normalized spacial score (nSPS) is 11.4. The highest BCUT2D eigenvalue weighted by Gasteiger charge is 2.30. The zero-order valence-corrected chi connectivity index (χ0v) is 18.2. The Hall–Kier alpha value is -4.80. The number of anilines is 1. The van der Waals surface area contributed by atoms with Gasteiger partial charge in [0.2, 0.25) is 0 Å². The van der Waals surface area contributed by atoms with E-state index >= 15 is 0 Å². The van der Waals surface area contributed by atoms with Gasteiger partial charge in [-0.05, 0) is 42.5 Å². The maximum atomic E-state index is 14.7. The van der Waals surface area contributed by atoms with Crippen LogP contribution in [0.3, 0.4) is 0 Å². The maximum Gasteiger partial charge on any atom is 0.416 e. The van der Waals surface area contributed by atoms with E-state index in [0.29, 0.717) is 22.3 Å². The number of aromatic nitrogens is 4. The van der Waals surface area contributed by atoms with Gasteiger partial charge < -0.3 is 15.0 Å². The summed E-state index contributed by atoms with van der Waals surface area (Å²) in [4.78, 5) is 27.7. The van der Waals surface area contributed by atoms with Crippen molar-refractivity contribution in [3.8, 4) is 22.8 Å². The van der Waals surface area contributed by atoms with Gasteiger partial charge in [-0.25, -0.2) is 19.3 Å². The van der Waals surface area contributed by atoms with Gasteiger partial charge in [0.25, 0.3) is 5.91 Å². The number of benzene rings is 2. The van der Waals surface area contributed by atoms with E-state index in [1.165, 1.54) is 36.5 Å². The lowest BCUT2D eigenvalue weighted by molar-refractivity contribution is -0.137. The molecule has 11 heteroatoms. The van der Waals surface area contributed by atoms with Crippen LogP contribution in [0.25, 0.3) is 22.3 Å². The largest absolute Gasteiger partial charge is 0.453 e. The number of rotatable bonds is 5. The highest BCUT2D eigenvalue weighted by atomic mass is 19.4. The molecule has 0 aliphatic carbocycles. The van der Waals surface area contributed by atoms with Crippen molar-refractivity contribution in [2.45, 2.75) is 6.18 Å². The Kier molecular flexibility index (Phi) is 5.80. The summed E-state index contributed by atoms with van der Waals surface area (Å²) in [6.45, 7) is 0. The molecule has 1 amide bonds. The summed E-state index contributed by atoms with van der Waals surface area (Å²) in [5.41, 5.74) is 0.534. The summed E-state index contributed by atoms with van der Waals surface area (Å²) in [5.74, 6) is -0.995. The Balaban J connectivity index is 1.31. The number of hydrogen-bond donors (Lipinski definition) is 2. The van der Waals surface area contributed by atoms with Gasteiger partial charge in [0.05, 0.1) is 16.6 Å². The number of amides is 1. The number of H-pyrrole nitrogens is 1. The third kappa shape index (κ3) is 4.71. The maximum absolute atomic E-state index is 14.7. The molecule has 3 aromatic heterocycles. The first-order valence-electron chi connectivity index (χ1n) is 10.5. The van der Waals surface area contributed by atoms with E-state index in [-0.39, 0.29) is 22.8 Å². The first-order chi connectivity index (χ1) is 17.3. The number of alkyl halides is 3. The lowest BCUT2D eigenvalue weighted by atomic mass is 10.1. The van der Waals surface area contributed by atoms with Crippen LogP contribution in [0.1, 0.15) is 16.1 Å². The molecule has 2 N–H and O–H groups in total. The van der Waals surface area contributed by atoms with Gasteiger partial charge in [-0.1, -0.05) is 12.1 Å². The van der Waals surface area contributed by atoms with Crippen LogP contribution in [-0.2, 0) is 6.18 Å². The number of pyridine rings is 1. The molecule has 5 aromatic rings. The molecule has 0 unspecified atom stereocenters. The number of halogens is 4. The van der Waals surface area contributed by atoms with Crippen molar-refractivity contribution < 1.29 is 27.1 Å². The van der Waals surface area contributed by atoms with E-state index in [1.54, 1.807) is 18.3 Å². The molecule has 2 aromatic carbocycles. The third-order valence-corrected chi connectivity index (χ3v) is 5.24. The predicted octanol–water partition coefficient (Wildman–Crippen LogP) is 6.22. The molecule has 180 valence electrons. The number of nitrogens with one attached hydrogen (secondary N) is 2. The van der Waals surface area contributed by atoms with Crippen molar-refractivity contribution >= 4 is 22.6 Å². The number of fused-ring (bicyclic) bond motifs is 1. The molecule has 0 fully saturated rings. The smallest absolute Gasteiger partial charge is 0.416 e. The van der Waals surface area contributed by atoms with Gasteiger partial charge >= 0.3 is 6.18 Å². The molecule has 0 atom stereocenters. The number of hydrogen-bond acceptors (Lipinski definition) is 5. The summed E-state index contributed by atoms with van der Waals surface area (Å²) >= 11 is 0.